The molecule has 86 valence electrons. The number of Topliss-reactive ketones (excluding diaryl/α,β-unsaturated/α-hetero) is 1. The maximum Gasteiger partial charge on any atom is 0.164 e. The normalized spacial score (nSPS) is 23.4. The molecule has 1 fully saturated rings. The highest BCUT2D eigenvalue weighted by Gasteiger charge is 2.39. The number of hydrogen-bond acceptors (Lipinski definition) is 2. The minimum atomic E-state index is 0.347. The summed E-state index contributed by atoms with van der Waals surface area (Å²) in [7, 11) is 0. The molecule has 0 saturated heterocycles. The molecule has 1 aromatic heterocycles. The molecule has 1 aromatic rings. The zero-order valence-electron chi connectivity index (χ0n) is 9.84. The Morgan fingerprint density at radius 1 is 1.19 bits per heavy atom. The second kappa shape index (κ2) is 3.69. The van der Waals surface area contributed by atoms with Gasteiger partial charge in [-0.1, -0.05) is 19.3 Å². The number of rotatable bonds is 0. The van der Waals surface area contributed by atoms with Crippen molar-refractivity contribution in [2.45, 2.75) is 51.9 Å². The van der Waals surface area contributed by atoms with Crippen LogP contribution in [-0.4, -0.2) is 5.78 Å². The van der Waals surface area contributed by atoms with Crippen molar-refractivity contribution in [1.29, 1.82) is 0 Å². The van der Waals surface area contributed by atoms with Crippen molar-refractivity contribution >= 4 is 17.1 Å². The molecule has 0 radical (unpaired) electrons. The van der Waals surface area contributed by atoms with Crippen LogP contribution in [0.4, 0.5) is 0 Å². The average molecular weight is 234 g/mol. The summed E-state index contributed by atoms with van der Waals surface area (Å²) in [5.74, 6) is 0.410. The van der Waals surface area contributed by atoms with Crippen LogP contribution in [0.1, 0.15) is 58.6 Å². The molecule has 2 heteroatoms. The molecule has 0 unspecified atom stereocenters. The summed E-state index contributed by atoms with van der Waals surface area (Å²) in [5.41, 5.74) is 1.39. The lowest BCUT2D eigenvalue weighted by atomic mass is 9.65. The molecular formula is C14H18OS. The molecule has 3 rings (SSSR count). The van der Waals surface area contributed by atoms with Gasteiger partial charge in [0.1, 0.15) is 0 Å². The third kappa shape index (κ3) is 1.64. The lowest BCUT2D eigenvalue weighted by Gasteiger charge is -2.39. The van der Waals surface area contributed by atoms with Crippen LogP contribution in [0.3, 0.4) is 0 Å². The van der Waals surface area contributed by atoms with Gasteiger partial charge in [-0.15, -0.1) is 11.3 Å². The highest BCUT2D eigenvalue weighted by Crippen LogP contribution is 2.47. The molecule has 1 nitrogen and oxygen atoms in total. The summed E-state index contributed by atoms with van der Waals surface area (Å²) in [6.45, 7) is 2.11. The van der Waals surface area contributed by atoms with Crippen LogP contribution in [0, 0.1) is 12.3 Å². The molecule has 1 heterocycles. The maximum absolute atomic E-state index is 12.2. The first-order valence-electron chi connectivity index (χ1n) is 6.31. The van der Waals surface area contributed by atoms with Gasteiger partial charge in [-0.05, 0) is 37.7 Å². The smallest absolute Gasteiger partial charge is 0.164 e. The Morgan fingerprint density at radius 3 is 2.69 bits per heavy atom. The molecule has 0 N–H and O–H groups in total. The van der Waals surface area contributed by atoms with Gasteiger partial charge in [0, 0.05) is 21.7 Å². The first-order valence-corrected chi connectivity index (χ1v) is 7.13. The van der Waals surface area contributed by atoms with E-state index in [4.69, 9.17) is 0 Å². The molecule has 0 amide bonds. The van der Waals surface area contributed by atoms with E-state index >= 15 is 0 Å². The van der Waals surface area contributed by atoms with Gasteiger partial charge in [0.25, 0.3) is 0 Å². The third-order valence-electron chi connectivity index (χ3n) is 4.22. The van der Waals surface area contributed by atoms with Crippen LogP contribution < -0.4 is 0 Å². The van der Waals surface area contributed by atoms with Crippen molar-refractivity contribution < 1.29 is 4.79 Å². The standard InChI is InChI=1S/C14H18OS/c1-10-7-11-12(15)8-14(9-13(11)16-10)5-3-2-4-6-14/h7H,2-6,8-9H2,1H3. The van der Waals surface area contributed by atoms with Gasteiger partial charge in [0.15, 0.2) is 5.78 Å². The Morgan fingerprint density at radius 2 is 1.94 bits per heavy atom. The van der Waals surface area contributed by atoms with E-state index in [1.165, 1.54) is 48.3 Å². The fourth-order valence-corrected chi connectivity index (χ4v) is 4.65. The predicted octanol–water partition coefficient (Wildman–Crippen LogP) is 4.14. The Bertz CT molecular complexity index is 424. The van der Waals surface area contributed by atoms with Crippen LogP contribution in [0.5, 0.6) is 0 Å². The molecule has 0 aromatic carbocycles. The fourth-order valence-electron chi connectivity index (χ4n) is 3.42. The van der Waals surface area contributed by atoms with Crippen LogP contribution in [0.25, 0.3) is 0 Å². The van der Waals surface area contributed by atoms with Crippen molar-refractivity contribution in [2.24, 2.45) is 5.41 Å². The summed E-state index contributed by atoms with van der Waals surface area (Å²) in [4.78, 5) is 14.8. The number of carbonyl (C=O) groups is 1. The molecule has 2 aliphatic carbocycles. The summed E-state index contributed by atoms with van der Waals surface area (Å²) in [6.07, 6.45) is 8.55. The minimum Gasteiger partial charge on any atom is -0.294 e. The first-order chi connectivity index (χ1) is 7.69. The second-order valence-corrected chi connectivity index (χ2v) is 6.87. The van der Waals surface area contributed by atoms with Gasteiger partial charge in [-0.25, -0.2) is 0 Å². The number of hydrogen-bond donors (Lipinski definition) is 0. The molecule has 1 saturated carbocycles. The topological polar surface area (TPSA) is 17.1 Å². The highest BCUT2D eigenvalue weighted by atomic mass is 32.1. The highest BCUT2D eigenvalue weighted by molar-refractivity contribution is 7.12. The van der Waals surface area contributed by atoms with Gasteiger partial charge in [0.05, 0.1) is 0 Å². The third-order valence-corrected chi connectivity index (χ3v) is 5.27. The summed E-state index contributed by atoms with van der Waals surface area (Å²) >= 11 is 1.84. The quantitative estimate of drug-likeness (QED) is 0.659. The van der Waals surface area contributed by atoms with E-state index in [0.29, 0.717) is 11.2 Å². The van der Waals surface area contributed by atoms with Crippen molar-refractivity contribution in [3.8, 4) is 0 Å². The summed E-state index contributed by atoms with van der Waals surface area (Å²) in [6, 6.07) is 2.10. The summed E-state index contributed by atoms with van der Waals surface area (Å²) in [5, 5.41) is 0. The van der Waals surface area contributed by atoms with Crippen LogP contribution in [0.2, 0.25) is 0 Å². The fraction of sp³-hybridized carbons (Fsp3) is 0.643. The van der Waals surface area contributed by atoms with Crippen molar-refractivity contribution in [1.82, 2.24) is 0 Å². The van der Waals surface area contributed by atoms with Gasteiger partial charge in [0.2, 0.25) is 0 Å². The van der Waals surface area contributed by atoms with Gasteiger partial charge in [-0.3, -0.25) is 4.79 Å². The van der Waals surface area contributed by atoms with Crippen LogP contribution in [0.15, 0.2) is 6.07 Å². The van der Waals surface area contributed by atoms with Crippen LogP contribution in [-0.2, 0) is 6.42 Å². The molecule has 0 bridgehead atoms. The van der Waals surface area contributed by atoms with E-state index < -0.39 is 0 Å². The SMILES string of the molecule is Cc1cc2c(s1)CC1(CCCCC1)CC2=O. The first kappa shape index (κ1) is 10.5. The van der Waals surface area contributed by atoms with Crippen molar-refractivity contribution in [2.75, 3.05) is 0 Å². The zero-order chi connectivity index (χ0) is 11.2. The van der Waals surface area contributed by atoms with Crippen molar-refractivity contribution in [3.05, 3.63) is 21.4 Å². The molecule has 1 spiro atoms. The van der Waals surface area contributed by atoms with E-state index in [2.05, 4.69) is 13.0 Å². The molecule has 0 atom stereocenters. The maximum atomic E-state index is 12.2. The molecule has 0 aliphatic heterocycles. The van der Waals surface area contributed by atoms with E-state index in [1.807, 2.05) is 11.3 Å². The minimum absolute atomic E-state index is 0.347. The Kier molecular flexibility index (Phi) is 2.43. The number of ketones is 1. The Hall–Kier alpha value is -0.630. The molecule has 16 heavy (non-hydrogen) atoms. The average Bonchev–Trinajstić information content (AvgIpc) is 2.60. The molecular weight excluding hydrogens is 216 g/mol. The van der Waals surface area contributed by atoms with E-state index in [-0.39, 0.29) is 0 Å². The number of fused-ring (bicyclic) bond motifs is 1. The number of thiophene rings is 1. The van der Waals surface area contributed by atoms with Gasteiger partial charge in [-0.2, -0.15) is 0 Å². The van der Waals surface area contributed by atoms with Crippen molar-refractivity contribution in [3.63, 3.8) is 0 Å². The van der Waals surface area contributed by atoms with Gasteiger partial charge >= 0.3 is 0 Å². The van der Waals surface area contributed by atoms with E-state index in [0.717, 1.165) is 12.0 Å². The van der Waals surface area contributed by atoms with E-state index in [1.54, 1.807) is 0 Å². The number of carbonyl (C=O) groups excluding carboxylic acids is 1. The zero-order valence-corrected chi connectivity index (χ0v) is 10.7. The molecule has 2 aliphatic rings. The monoisotopic (exact) mass is 234 g/mol. The Balaban J connectivity index is 1.96. The number of aryl methyl sites for hydroxylation is 1. The lowest BCUT2D eigenvalue weighted by molar-refractivity contribution is 0.0826. The van der Waals surface area contributed by atoms with Gasteiger partial charge < -0.3 is 0 Å². The summed E-state index contributed by atoms with van der Waals surface area (Å²) < 4.78 is 0. The Labute approximate surface area is 101 Å². The largest absolute Gasteiger partial charge is 0.294 e. The van der Waals surface area contributed by atoms with E-state index in [9.17, 15) is 4.79 Å². The van der Waals surface area contributed by atoms with Crippen LogP contribution >= 0.6 is 11.3 Å². The predicted molar refractivity (Wildman–Crippen MR) is 67.2 cm³/mol. The lowest BCUT2D eigenvalue weighted by Crippen LogP contribution is -2.33. The second-order valence-electron chi connectivity index (χ2n) is 5.53.